The van der Waals surface area contributed by atoms with E-state index >= 15 is 0 Å². The lowest BCUT2D eigenvalue weighted by Crippen LogP contribution is -2.05. The van der Waals surface area contributed by atoms with Crippen molar-refractivity contribution in [2.45, 2.75) is 19.9 Å². The van der Waals surface area contributed by atoms with Gasteiger partial charge in [0.2, 0.25) is 0 Å². The predicted molar refractivity (Wildman–Crippen MR) is 82.6 cm³/mol. The molecule has 0 unspecified atom stereocenters. The number of rotatable bonds is 4. The Hall–Kier alpha value is -2.69. The third kappa shape index (κ3) is 2.76. The summed E-state index contributed by atoms with van der Waals surface area (Å²) in [5.74, 6) is 0.688. The zero-order chi connectivity index (χ0) is 14.7. The minimum atomic E-state index is 0.626. The van der Waals surface area contributed by atoms with Crippen LogP contribution in [0.5, 0.6) is 0 Å². The Labute approximate surface area is 123 Å². The van der Waals surface area contributed by atoms with Crippen LogP contribution in [0, 0.1) is 0 Å². The van der Waals surface area contributed by atoms with Crippen LogP contribution in [-0.4, -0.2) is 20.2 Å². The average molecular weight is 279 g/mol. The van der Waals surface area contributed by atoms with E-state index in [0.717, 1.165) is 17.5 Å². The first-order chi connectivity index (χ1) is 10.3. The smallest absolute Gasteiger partial charge is 0.184 e. The van der Waals surface area contributed by atoms with Crippen LogP contribution in [-0.2, 0) is 13.0 Å². The van der Waals surface area contributed by atoms with Gasteiger partial charge in [-0.05, 0) is 40.1 Å². The van der Waals surface area contributed by atoms with Crippen LogP contribution < -0.4 is 5.73 Å². The fourth-order valence-corrected chi connectivity index (χ4v) is 2.26. The number of nitrogen functional groups attached to an aromatic ring is 1. The van der Waals surface area contributed by atoms with Crippen LogP contribution in [0.1, 0.15) is 18.1 Å². The van der Waals surface area contributed by atoms with Gasteiger partial charge in [-0.2, -0.15) is 0 Å². The zero-order valence-corrected chi connectivity index (χ0v) is 11.9. The molecule has 0 amide bonds. The molecule has 0 saturated carbocycles. The first-order valence-corrected chi connectivity index (χ1v) is 6.97. The summed E-state index contributed by atoms with van der Waals surface area (Å²) in [4.78, 5) is 0. The van der Waals surface area contributed by atoms with Gasteiger partial charge in [0.1, 0.15) is 0 Å². The maximum atomic E-state index is 6.00. The van der Waals surface area contributed by atoms with E-state index in [1.165, 1.54) is 5.56 Å². The molecule has 0 spiro atoms. The van der Waals surface area contributed by atoms with E-state index in [-0.39, 0.29) is 0 Å². The molecule has 3 aromatic rings. The number of aromatic nitrogens is 4. The van der Waals surface area contributed by atoms with Gasteiger partial charge in [-0.15, -0.1) is 5.10 Å². The van der Waals surface area contributed by atoms with E-state index in [1.807, 2.05) is 24.3 Å². The van der Waals surface area contributed by atoms with Crippen molar-refractivity contribution in [2.75, 3.05) is 5.73 Å². The second-order valence-electron chi connectivity index (χ2n) is 4.92. The number of hydrogen-bond acceptors (Lipinski definition) is 4. The first kappa shape index (κ1) is 13.3. The highest BCUT2D eigenvalue weighted by Crippen LogP contribution is 2.23. The summed E-state index contributed by atoms with van der Waals surface area (Å²) in [7, 11) is 0. The minimum absolute atomic E-state index is 0.626. The molecule has 21 heavy (non-hydrogen) atoms. The summed E-state index contributed by atoms with van der Waals surface area (Å²) in [5, 5.41) is 11.9. The van der Waals surface area contributed by atoms with E-state index in [2.05, 4.69) is 46.7 Å². The summed E-state index contributed by atoms with van der Waals surface area (Å²) in [6, 6.07) is 16.1. The Balaban J connectivity index is 1.90. The van der Waals surface area contributed by atoms with E-state index in [9.17, 15) is 0 Å². The summed E-state index contributed by atoms with van der Waals surface area (Å²) < 4.78 is 1.77. The number of para-hydroxylation sites is 1. The predicted octanol–water partition coefficient (Wildman–Crippen LogP) is 2.53. The number of aryl methyl sites for hydroxylation is 1. The topological polar surface area (TPSA) is 69.6 Å². The lowest BCUT2D eigenvalue weighted by atomic mass is 10.1. The quantitative estimate of drug-likeness (QED) is 0.745. The summed E-state index contributed by atoms with van der Waals surface area (Å²) in [6.07, 6.45) is 1.04. The Morgan fingerprint density at radius 3 is 2.43 bits per heavy atom. The molecule has 1 heterocycles. The van der Waals surface area contributed by atoms with Crippen molar-refractivity contribution in [3.8, 4) is 11.4 Å². The third-order valence-electron chi connectivity index (χ3n) is 3.50. The molecule has 0 aliphatic rings. The molecule has 0 fully saturated rings. The number of anilines is 1. The first-order valence-electron chi connectivity index (χ1n) is 6.97. The van der Waals surface area contributed by atoms with Gasteiger partial charge in [0.25, 0.3) is 0 Å². The SMILES string of the molecule is CCc1ccc(Cn2nnnc2-c2ccccc2N)cc1. The van der Waals surface area contributed by atoms with Crippen LogP contribution in [0.25, 0.3) is 11.4 Å². The summed E-state index contributed by atoms with van der Waals surface area (Å²) in [6.45, 7) is 2.77. The second kappa shape index (κ2) is 5.75. The molecule has 5 heteroatoms. The lowest BCUT2D eigenvalue weighted by molar-refractivity contribution is 0.653. The van der Waals surface area contributed by atoms with Crippen molar-refractivity contribution >= 4 is 5.69 Å². The second-order valence-corrected chi connectivity index (χ2v) is 4.92. The fraction of sp³-hybridized carbons (Fsp3) is 0.188. The normalized spacial score (nSPS) is 10.7. The van der Waals surface area contributed by atoms with E-state index in [4.69, 9.17) is 5.73 Å². The van der Waals surface area contributed by atoms with Gasteiger partial charge in [-0.3, -0.25) is 0 Å². The van der Waals surface area contributed by atoms with Gasteiger partial charge in [0.15, 0.2) is 5.82 Å². The van der Waals surface area contributed by atoms with Crippen LogP contribution in [0.15, 0.2) is 48.5 Å². The van der Waals surface area contributed by atoms with Crippen LogP contribution in [0.4, 0.5) is 5.69 Å². The zero-order valence-electron chi connectivity index (χ0n) is 11.9. The number of tetrazole rings is 1. The highest BCUT2D eigenvalue weighted by molar-refractivity contribution is 5.71. The molecule has 1 aromatic heterocycles. The molecule has 2 N–H and O–H groups in total. The molecular weight excluding hydrogens is 262 g/mol. The molecule has 106 valence electrons. The van der Waals surface area contributed by atoms with Gasteiger partial charge in [0.05, 0.1) is 6.54 Å². The van der Waals surface area contributed by atoms with Crippen LogP contribution in [0.2, 0.25) is 0 Å². The van der Waals surface area contributed by atoms with Crippen LogP contribution >= 0.6 is 0 Å². The van der Waals surface area contributed by atoms with E-state index in [1.54, 1.807) is 4.68 Å². The summed E-state index contributed by atoms with van der Waals surface area (Å²) >= 11 is 0. The number of hydrogen-bond donors (Lipinski definition) is 1. The number of nitrogens with two attached hydrogens (primary N) is 1. The van der Waals surface area contributed by atoms with E-state index in [0.29, 0.717) is 18.1 Å². The molecule has 0 aliphatic heterocycles. The van der Waals surface area contributed by atoms with Crippen LogP contribution in [0.3, 0.4) is 0 Å². The minimum Gasteiger partial charge on any atom is -0.398 e. The van der Waals surface area contributed by atoms with Crippen molar-refractivity contribution in [3.63, 3.8) is 0 Å². The van der Waals surface area contributed by atoms with Crippen molar-refractivity contribution in [1.29, 1.82) is 0 Å². The molecule has 0 bridgehead atoms. The maximum Gasteiger partial charge on any atom is 0.184 e. The molecule has 0 aliphatic carbocycles. The van der Waals surface area contributed by atoms with Crippen molar-refractivity contribution < 1.29 is 0 Å². The Morgan fingerprint density at radius 1 is 1.00 bits per heavy atom. The monoisotopic (exact) mass is 279 g/mol. The van der Waals surface area contributed by atoms with Gasteiger partial charge in [-0.25, -0.2) is 4.68 Å². The molecule has 3 rings (SSSR count). The van der Waals surface area contributed by atoms with Gasteiger partial charge in [0, 0.05) is 11.3 Å². The van der Waals surface area contributed by atoms with Crippen molar-refractivity contribution in [2.24, 2.45) is 0 Å². The fourth-order valence-electron chi connectivity index (χ4n) is 2.26. The molecule has 0 radical (unpaired) electrons. The number of benzene rings is 2. The van der Waals surface area contributed by atoms with E-state index < -0.39 is 0 Å². The number of nitrogens with zero attached hydrogens (tertiary/aromatic N) is 4. The summed E-state index contributed by atoms with van der Waals surface area (Å²) in [5.41, 5.74) is 10.0. The highest BCUT2D eigenvalue weighted by atomic mass is 15.5. The molecule has 2 aromatic carbocycles. The Morgan fingerprint density at radius 2 is 1.71 bits per heavy atom. The molecule has 0 atom stereocenters. The van der Waals surface area contributed by atoms with Gasteiger partial charge >= 0.3 is 0 Å². The Kier molecular flexibility index (Phi) is 3.64. The molecule has 0 saturated heterocycles. The lowest BCUT2D eigenvalue weighted by Gasteiger charge is -2.07. The average Bonchev–Trinajstić information content (AvgIpc) is 2.96. The standard InChI is InChI=1S/C16H17N5/c1-2-12-7-9-13(10-8-12)11-21-16(18-19-20-21)14-5-3-4-6-15(14)17/h3-10H,2,11,17H2,1H3. The van der Waals surface area contributed by atoms with Crippen molar-refractivity contribution in [3.05, 3.63) is 59.7 Å². The highest BCUT2D eigenvalue weighted by Gasteiger charge is 2.11. The third-order valence-corrected chi connectivity index (χ3v) is 3.50. The maximum absolute atomic E-state index is 6.00. The largest absolute Gasteiger partial charge is 0.398 e. The van der Waals surface area contributed by atoms with Gasteiger partial charge in [-0.1, -0.05) is 43.3 Å². The molecule has 5 nitrogen and oxygen atoms in total. The van der Waals surface area contributed by atoms with Crippen molar-refractivity contribution in [1.82, 2.24) is 20.2 Å². The van der Waals surface area contributed by atoms with Gasteiger partial charge < -0.3 is 5.73 Å². The Bertz CT molecular complexity index is 730. The molecular formula is C16H17N5.